The Balaban J connectivity index is 0.000000140. The Labute approximate surface area is 229 Å². The summed E-state index contributed by atoms with van der Waals surface area (Å²) in [6.45, 7) is 10.1. The van der Waals surface area contributed by atoms with Gasteiger partial charge in [0.2, 0.25) is 0 Å². The number of hydrogen-bond donors (Lipinski definition) is 2. The van der Waals surface area contributed by atoms with Gasteiger partial charge in [0, 0.05) is 22.9 Å². The van der Waals surface area contributed by atoms with Crippen molar-refractivity contribution in [2.24, 2.45) is 0 Å². The van der Waals surface area contributed by atoms with E-state index in [1.165, 1.54) is 52.0 Å². The molecule has 4 heterocycles. The first-order valence-electron chi connectivity index (χ1n) is 13.3. The first-order valence-corrected chi connectivity index (χ1v) is 15.0. The predicted octanol–water partition coefficient (Wildman–Crippen LogP) is 5.59. The van der Waals surface area contributed by atoms with Gasteiger partial charge in [-0.15, -0.1) is 32.9 Å². The molecule has 3 aliphatic carbocycles. The van der Waals surface area contributed by atoms with Crippen molar-refractivity contribution in [3.63, 3.8) is 0 Å². The molecule has 10 heteroatoms. The zero-order valence-electron chi connectivity index (χ0n) is 22.4. The molecule has 4 aromatic rings. The van der Waals surface area contributed by atoms with Crippen molar-refractivity contribution in [1.29, 1.82) is 0 Å². The van der Waals surface area contributed by atoms with Crippen LogP contribution in [-0.4, -0.2) is 44.3 Å². The molecule has 2 N–H and O–H groups in total. The number of rotatable bonds is 5. The largest absolute Gasteiger partial charge is 0.349 e. The summed E-state index contributed by atoms with van der Waals surface area (Å²) >= 11 is 2.95. The van der Waals surface area contributed by atoms with E-state index in [2.05, 4.69) is 38.0 Å². The molecule has 2 amide bonds. The molecule has 3 fully saturated rings. The van der Waals surface area contributed by atoms with Gasteiger partial charge in [0.05, 0.1) is 21.1 Å². The van der Waals surface area contributed by atoms with Crippen LogP contribution in [0.4, 0.5) is 0 Å². The highest BCUT2D eigenvalue weighted by Gasteiger charge is 2.35. The van der Waals surface area contributed by atoms with Gasteiger partial charge in [0.15, 0.2) is 0 Å². The van der Waals surface area contributed by atoms with Gasteiger partial charge in [0.1, 0.15) is 9.66 Å². The highest BCUT2D eigenvalue weighted by atomic mass is 32.1. The van der Waals surface area contributed by atoms with Crippen molar-refractivity contribution < 1.29 is 9.59 Å². The van der Waals surface area contributed by atoms with Crippen LogP contribution in [0.3, 0.4) is 0 Å². The van der Waals surface area contributed by atoms with Gasteiger partial charge in [-0.25, -0.2) is 0 Å². The van der Waals surface area contributed by atoms with Crippen molar-refractivity contribution in [2.45, 2.75) is 91.1 Å². The molecule has 0 atom stereocenters. The molecule has 8 nitrogen and oxygen atoms in total. The summed E-state index contributed by atoms with van der Waals surface area (Å²) in [6, 6.07) is 0.782. The molecule has 38 heavy (non-hydrogen) atoms. The van der Waals surface area contributed by atoms with E-state index in [0.29, 0.717) is 18.0 Å². The topological polar surface area (TPSA) is 110 Å². The number of carbonyl (C=O) groups is 2. The maximum Gasteiger partial charge on any atom is 0.261 e. The normalized spacial score (nSPS) is 16.9. The molecule has 0 bridgehead atoms. The van der Waals surface area contributed by atoms with Crippen LogP contribution in [-0.2, 0) is 0 Å². The third-order valence-electron chi connectivity index (χ3n) is 7.70. The van der Waals surface area contributed by atoms with Gasteiger partial charge in [-0.2, -0.15) is 10.2 Å². The van der Waals surface area contributed by atoms with Gasteiger partial charge in [-0.1, -0.05) is 0 Å². The minimum atomic E-state index is 0.0371. The van der Waals surface area contributed by atoms with Crippen molar-refractivity contribution in [2.75, 3.05) is 0 Å². The van der Waals surface area contributed by atoms with E-state index < -0.39 is 0 Å². The van der Waals surface area contributed by atoms with Gasteiger partial charge < -0.3 is 10.6 Å². The number of aryl methyl sites for hydroxylation is 5. The number of aromatic nitrogens is 4. The molecule has 4 aromatic heterocycles. The summed E-state index contributed by atoms with van der Waals surface area (Å²) in [6.07, 6.45) is 6.83. The molecule has 198 valence electrons. The smallest absolute Gasteiger partial charge is 0.261 e. The molecule has 0 spiro atoms. The van der Waals surface area contributed by atoms with Crippen LogP contribution in [0.5, 0.6) is 0 Å². The number of nitrogens with one attached hydrogen (secondary N) is 2. The predicted molar refractivity (Wildman–Crippen MR) is 151 cm³/mol. The molecule has 0 unspecified atom stereocenters. The van der Waals surface area contributed by atoms with E-state index in [9.17, 15) is 9.59 Å². The second-order valence-corrected chi connectivity index (χ2v) is 12.9. The zero-order valence-corrected chi connectivity index (χ0v) is 24.0. The first kappa shape index (κ1) is 25.3. The summed E-state index contributed by atoms with van der Waals surface area (Å²) in [5.41, 5.74) is 6.46. The van der Waals surface area contributed by atoms with Crippen LogP contribution < -0.4 is 10.6 Å². The summed E-state index contributed by atoms with van der Waals surface area (Å²) in [4.78, 5) is 28.0. The average molecular weight is 549 g/mol. The van der Waals surface area contributed by atoms with Gasteiger partial charge in [-0.3, -0.25) is 9.59 Å². The molecule has 7 rings (SSSR count). The summed E-state index contributed by atoms with van der Waals surface area (Å²) in [5, 5.41) is 25.2. The maximum atomic E-state index is 12.5. The van der Waals surface area contributed by atoms with E-state index in [1.54, 1.807) is 0 Å². The van der Waals surface area contributed by atoms with Crippen molar-refractivity contribution in [3.05, 3.63) is 43.4 Å². The van der Waals surface area contributed by atoms with E-state index in [1.807, 2.05) is 27.7 Å². The van der Waals surface area contributed by atoms with E-state index in [4.69, 9.17) is 0 Å². The lowest BCUT2D eigenvalue weighted by Crippen LogP contribution is -2.25. The molecule has 0 aromatic carbocycles. The van der Waals surface area contributed by atoms with E-state index >= 15 is 0 Å². The number of hydrogen-bond acceptors (Lipinski definition) is 8. The molecule has 0 radical (unpaired) electrons. The Morgan fingerprint density at radius 2 is 1.11 bits per heavy atom. The van der Waals surface area contributed by atoms with Gasteiger partial charge in [0.25, 0.3) is 11.8 Å². The fraction of sp³-hybridized carbons (Fsp3) is 0.500. The third-order valence-corrected chi connectivity index (χ3v) is 9.96. The number of carbonyl (C=O) groups excluding carboxylic acids is 2. The fourth-order valence-corrected chi connectivity index (χ4v) is 6.99. The average Bonchev–Trinajstić information content (AvgIpc) is 3.78. The lowest BCUT2D eigenvalue weighted by Gasteiger charge is -2.06. The lowest BCUT2D eigenvalue weighted by molar-refractivity contribution is 0.0946. The Hall–Kier alpha value is -2.98. The van der Waals surface area contributed by atoms with Gasteiger partial charge >= 0.3 is 0 Å². The third kappa shape index (κ3) is 4.80. The fourth-order valence-electron chi connectivity index (χ4n) is 4.73. The monoisotopic (exact) mass is 548 g/mol. The number of fused-ring (bicyclic) bond motifs is 2. The zero-order chi connectivity index (χ0) is 26.7. The van der Waals surface area contributed by atoms with Crippen molar-refractivity contribution in [3.8, 4) is 0 Å². The summed E-state index contributed by atoms with van der Waals surface area (Å²) in [5.74, 6) is 0.676. The highest BCUT2D eigenvalue weighted by molar-refractivity contribution is 7.21. The van der Waals surface area contributed by atoms with Crippen LogP contribution in [0.2, 0.25) is 0 Å². The van der Waals surface area contributed by atoms with Crippen LogP contribution in [0.15, 0.2) is 0 Å². The highest BCUT2D eigenvalue weighted by Crippen LogP contribution is 2.48. The maximum absolute atomic E-state index is 12.5. The quantitative estimate of drug-likeness (QED) is 0.337. The van der Waals surface area contributed by atoms with E-state index in [-0.39, 0.29) is 11.8 Å². The minimum absolute atomic E-state index is 0.0371. The van der Waals surface area contributed by atoms with Crippen LogP contribution in [0.1, 0.15) is 97.4 Å². The Morgan fingerprint density at radius 3 is 1.63 bits per heavy atom. The molecule has 0 aliphatic heterocycles. The first-order chi connectivity index (χ1) is 18.2. The van der Waals surface area contributed by atoms with Crippen molar-refractivity contribution in [1.82, 2.24) is 31.0 Å². The molecule has 0 saturated heterocycles. The van der Waals surface area contributed by atoms with Crippen LogP contribution in [0.25, 0.3) is 20.4 Å². The number of amides is 2. The minimum Gasteiger partial charge on any atom is -0.349 e. The van der Waals surface area contributed by atoms with Crippen molar-refractivity contribution >= 4 is 54.9 Å². The van der Waals surface area contributed by atoms with Gasteiger partial charge in [-0.05, 0) is 101 Å². The molecular formula is C28H32N6O2S2. The SMILES string of the molecule is Cc1nnc2sc(C(=O)NC3CC3)c(C)c2c1C.Cc1nnc2sc(C(=O)NC3CC3)c(C3CC3)c2c1C. The second kappa shape index (κ2) is 9.64. The molecular weight excluding hydrogens is 516 g/mol. The Bertz CT molecular complexity index is 1590. The standard InChI is InChI=1S/C15H17N3OS.C13H15N3OS/c1-7-8(2)17-18-15-11(7)12(9-3-4-9)13(20-15)14(19)16-10-5-6-10;1-6-8(3)15-16-13-10(6)7(2)11(18-13)12(17)14-9-4-5-9/h9-10H,3-6H2,1-2H3,(H,16,19);9H,4-5H2,1-3H3,(H,14,17). The second-order valence-electron chi connectivity index (χ2n) is 10.9. The van der Waals surface area contributed by atoms with Crippen LogP contribution in [0, 0.1) is 34.6 Å². The lowest BCUT2D eigenvalue weighted by atomic mass is 10.0. The summed E-state index contributed by atoms with van der Waals surface area (Å²) < 4.78 is 0. The molecule has 3 saturated carbocycles. The number of thiophene rings is 2. The molecule has 3 aliphatic rings. The summed E-state index contributed by atoms with van der Waals surface area (Å²) in [7, 11) is 0. The van der Waals surface area contributed by atoms with Crippen LogP contribution >= 0.6 is 22.7 Å². The van der Waals surface area contributed by atoms with E-state index in [0.717, 1.165) is 73.0 Å². The Kier molecular flexibility index (Phi) is 6.42. The Morgan fingerprint density at radius 1 is 0.632 bits per heavy atom. The number of nitrogens with zero attached hydrogens (tertiary/aromatic N) is 4.